The van der Waals surface area contributed by atoms with Crippen LogP contribution in [0, 0.1) is 11.8 Å². The monoisotopic (exact) mass is 232 g/mol. The van der Waals surface area contributed by atoms with Gasteiger partial charge in [-0.15, -0.1) is 0 Å². The molecule has 0 saturated heterocycles. The zero-order chi connectivity index (χ0) is 11.6. The van der Waals surface area contributed by atoms with E-state index in [2.05, 4.69) is 23.3 Å². The summed E-state index contributed by atoms with van der Waals surface area (Å²) >= 11 is 0. The van der Waals surface area contributed by atoms with Crippen molar-refractivity contribution in [3.8, 4) is 0 Å². The quantitative estimate of drug-likeness (QED) is 0.755. The van der Waals surface area contributed by atoms with Crippen LogP contribution in [0.4, 0.5) is 0 Å². The van der Waals surface area contributed by atoms with Crippen molar-refractivity contribution in [2.45, 2.75) is 34.1 Å². The van der Waals surface area contributed by atoms with Crippen LogP contribution in [0.15, 0.2) is 11.3 Å². The van der Waals surface area contributed by atoms with Gasteiger partial charge in [0.25, 0.3) is 10.2 Å². The third-order valence-corrected chi connectivity index (χ3v) is 3.62. The minimum atomic E-state index is -3.34. The minimum Gasteiger partial charge on any atom is -0.275 e. The van der Waals surface area contributed by atoms with Crippen molar-refractivity contribution in [2.24, 2.45) is 11.8 Å². The summed E-state index contributed by atoms with van der Waals surface area (Å²) < 4.78 is 28.1. The van der Waals surface area contributed by atoms with Gasteiger partial charge in [-0.2, -0.15) is 13.1 Å². The maximum atomic E-state index is 11.5. The smallest absolute Gasteiger partial charge is 0.275 e. The van der Waals surface area contributed by atoms with Gasteiger partial charge in [-0.05, 0) is 23.8 Å². The molecule has 0 radical (unpaired) electrons. The summed E-state index contributed by atoms with van der Waals surface area (Å²) in [6.45, 7) is 8.69. The molecule has 4 nitrogen and oxygen atoms in total. The summed E-state index contributed by atoms with van der Waals surface area (Å²) in [5.41, 5.74) is 2.06. The molecule has 2 N–H and O–H groups in total. The van der Waals surface area contributed by atoms with E-state index in [1.54, 1.807) is 0 Å². The Morgan fingerprint density at radius 3 is 2.20 bits per heavy atom. The third kappa shape index (κ3) is 3.21. The first-order chi connectivity index (χ1) is 6.83. The van der Waals surface area contributed by atoms with Gasteiger partial charge < -0.3 is 0 Å². The lowest BCUT2D eigenvalue weighted by Gasteiger charge is -2.18. The van der Waals surface area contributed by atoms with Gasteiger partial charge in [0.15, 0.2) is 0 Å². The topological polar surface area (TPSA) is 58.2 Å². The Balaban J connectivity index is 3.12. The van der Waals surface area contributed by atoms with E-state index in [4.69, 9.17) is 0 Å². The Labute approximate surface area is 92.3 Å². The first kappa shape index (κ1) is 12.5. The molecule has 0 aromatic carbocycles. The number of nitrogens with one attached hydrogen (secondary N) is 2. The van der Waals surface area contributed by atoms with Gasteiger partial charge in [-0.3, -0.25) is 4.72 Å². The molecule has 1 aliphatic rings. The largest absolute Gasteiger partial charge is 0.298 e. The predicted octanol–water partition coefficient (Wildman–Crippen LogP) is 1.38. The summed E-state index contributed by atoms with van der Waals surface area (Å²) in [5.74, 6) is 0.585. The molecule has 0 spiro atoms. The fraction of sp³-hybridized carbons (Fsp3) is 0.800. The molecule has 88 valence electrons. The fourth-order valence-electron chi connectivity index (χ4n) is 1.79. The molecule has 5 heteroatoms. The Morgan fingerprint density at radius 1 is 1.13 bits per heavy atom. The van der Waals surface area contributed by atoms with Crippen LogP contribution in [-0.4, -0.2) is 15.0 Å². The zero-order valence-electron chi connectivity index (χ0n) is 9.79. The average molecular weight is 232 g/mol. The third-order valence-electron chi connectivity index (χ3n) is 2.55. The lowest BCUT2D eigenvalue weighted by molar-refractivity contribution is 0.571. The predicted molar refractivity (Wildman–Crippen MR) is 61.4 cm³/mol. The van der Waals surface area contributed by atoms with E-state index in [1.807, 2.05) is 13.8 Å². The molecule has 1 rings (SSSR count). The molecule has 0 amide bonds. The summed E-state index contributed by atoms with van der Waals surface area (Å²) in [6.07, 6.45) is 0.789. The second kappa shape index (κ2) is 4.53. The SMILES string of the molecule is CC(C)C1=C(C(C)C)NS(=O)(=O)NCC1. The van der Waals surface area contributed by atoms with Gasteiger partial charge in [0, 0.05) is 12.2 Å². The van der Waals surface area contributed by atoms with Gasteiger partial charge in [0.1, 0.15) is 0 Å². The van der Waals surface area contributed by atoms with Crippen LogP contribution in [-0.2, 0) is 10.2 Å². The van der Waals surface area contributed by atoms with Crippen LogP contribution in [0.5, 0.6) is 0 Å². The first-order valence-electron chi connectivity index (χ1n) is 5.34. The van der Waals surface area contributed by atoms with Crippen LogP contribution in [0.1, 0.15) is 34.1 Å². The van der Waals surface area contributed by atoms with Gasteiger partial charge >= 0.3 is 0 Å². The van der Waals surface area contributed by atoms with Gasteiger partial charge in [0.2, 0.25) is 0 Å². The summed E-state index contributed by atoms with van der Waals surface area (Å²) in [6, 6.07) is 0. The highest BCUT2D eigenvalue weighted by Gasteiger charge is 2.22. The summed E-state index contributed by atoms with van der Waals surface area (Å²) in [7, 11) is -3.34. The lowest BCUT2D eigenvalue weighted by Crippen LogP contribution is -2.35. The van der Waals surface area contributed by atoms with Crippen LogP contribution in [0.3, 0.4) is 0 Å². The van der Waals surface area contributed by atoms with Gasteiger partial charge in [-0.25, -0.2) is 0 Å². The van der Waals surface area contributed by atoms with Crippen molar-refractivity contribution in [3.63, 3.8) is 0 Å². The maximum absolute atomic E-state index is 11.5. The molecule has 0 aliphatic carbocycles. The molecule has 15 heavy (non-hydrogen) atoms. The molecule has 0 fully saturated rings. The Morgan fingerprint density at radius 2 is 1.73 bits per heavy atom. The zero-order valence-corrected chi connectivity index (χ0v) is 10.6. The van der Waals surface area contributed by atoms with E-state index in [0.29, 0.717) is 12.5 Å². The Hall–Kier alpha value is -0.550. The molecular formula is C10H20N2O2S. The highest BCUT2D eigenvalue weighted by Crippen LogP contribution is 2.24. The molecular weight excluding hydrogens is 212 g/mol. The standard InChI is InChI=1S/C10H20N2O2S/c1-7(2)9-5-6-11-15(13,14)12-10(9)8(3)4/h7-8,11-12H,5-6H2,1-4H3. The second-order valence-corrected chi connectivity index (χ2v) is 6.00. The summed E-state index contributed by atoms with van der Waals surface area (Å²) in [5, 5.41) is 0. The molecule has 1 aliphatic heterocycles. The fourth-order valence-corrected chi connectivity index (χ4v) is 2.89. The van der Waals surface area contributed by atoms with E-state index in [-0.39, 0.29) is 5.92 Å². The van der Waals surface area contributed by atoms with Crippen LogP contribution < -0.4 is 9.44 Å². The molecule has 0 aromatic rings. The van der Waals surface area contributed by atoms with E-state index >= 15 is 0 Å². The normalized spacial score (nSPS) is 21.7. The molecule has 0 bridgehead atoms. The van der Waals surface area contributed by atoms with Crippen molar-refractivity contribution in [2.75, 3.05) is 6.54 Å². The summed E-state index contributed by atoms with van der Waals surface area (Å²) in [4.78, 5) is 0. The van der Waals surface area contributed by atoms with E-state index in [9.17, 15) is 8.42 Å². The number of hydrogen-bond acceptors (Lipinski definition) is 2. The molecule has 0 saturated carbocycles. The maximum Gasteiger partial charge on any atom is 0.298 e. The number of rotatable bonds is 2. The molecule has 1 heterocycles. The highest BCUT2D eigenvalue weighted by atomic mass is 32.2. The van der Waals surface area contributed by atoms with Crippen LogP contribution in [0.2, 0.25) is 0 Å². The minimum absolute atomic E-state index is 0.206. The van der Waals surface area contributed by atoms with Crippen molar-refractivity contribution in [1.29, 1.82) is 0 Å². The lowest BCUT2D eigenvalue weighted by atomic mass is 9.93. The second-order valence-electron chi connectivity index (χ2n) is 4.50. The van der Waals surface area contributed by atoms with Crippen molar-refractivity contribution in [1.82, 2.24) is 9.44 Å². The van der Waals surface area contributed by atoms with E-state index in [0.717, 1.165) is 12.1 Å². The van der Waals surface area contributed by atoms with Gasteiger partial charge in [0.05, 0.1) is 0 Å². The molecule has 0 aromatic heterocycles. The average Bonchev–Trinajstić information content (AvgIpc) is 2.23. The van der Waals surface area contributed by atoms with Crippen molar-refractivity contribution >= 4 is 10.2 Å². The Kier molecular flexibility index (Phi) is 3.78. The first-order valence-corrected chi connectivity index (χ1v) is 6.82. The number of hydrogen-bond donors (Lipinski definition) is 2. The van der Waals surface area contributed by atoms with E-state index < -0.39 is 10.2 Å². The Bertz CT molecular complexity index is 356. The molecule has 0 unspecified atom stereocenters. The highest BCUT2D eigenvalue weighted by molar-refractivity contribution is 7.87. The number of allylic oxidation sites excluding steroid dienone is 1. The van der Waals surface area contributed by atoms with Crippen LogP contribution >= 0.6 is 0 Å². The van der Waals surface area contributed by atoms with Crippen molar-refractivity contribution < 1.29 is 8.42 Å². The van der Waals surface area contributed by atoms with Gasteiger partial charge in [-0.1, -0.05) is 27.7 Å². The molecule has 0 atom stereocenters. The van der Waals surface area contributed by atoms with Crippen LogP contribution in [0.25, 0.3) is 0 Å². The van der Waals surface area contributed by atoms with E-state index in [1.165, 1.54) is 5.57 Å². The van der Waals surface area contributed by atoms with Crippen molar-refractivity contribution in [3.05, 3.63) is 11.3 Å².